The molecule has 3 heterocycles. The van der Waals surface area contributed by atoms with Crippen molar-refractivity contribution in [2.24, 2.45) is 0 Å². The van der Waals surface area contributed by atoms with Crippen molar-refractivity contribution < 1.29 is 19.0 Å². The van der Waals surface area contributed by atoms with Crippen LogP contribution in [-0.4, -0.2) is 45.2 Å². The van der Waals surface area contributed by atoms with Crippen molar-refractivity contribution in [3.05, 3.63) is 72.3 Å². The molecular formula is C25H22FN5O3. The van der Waals surface area contributed by atoms with Gasteiger partial charge in [0.25, 0.3) is 5.91 Å². The molecule has 0 aliphatic carbocycles. The molecule has 4 aromatic rings. The van der Waals surface area contributed by atoms with Crippen molar-refractivity contribution in [1.82, 2.24) is 15.0 Å². The van der Waals surface area contributed by atoms with Gasteiger partial charge in [-0.1, -0.05) is 24.3 Å². The second kappa shape index (κ2) is 9.40. The minimum Gasteiger partial charge on any atom is -0.505 e. The number of benzene rings is 2. The van der Waals surface area contributed by atoms with Gasteiger partial charge >= 0.3 is 0 Å². The maximum atomic E-state index is 13.7. The molecule has 2 aromatic heterocycles. The number of carbonyl (C=O) groups is 1. The first-order chi connectivity index (χ1) is 16.6. The topological polar surface area (TPSA) is 109 Å². The normalized spacial score (nSPS) is 14.1. The van der Waals surface area contributed by atoms with E-state index in [0.717, 1.165) is 12.8 Å². The summed E-state index contributed by atoms with van der Waals surface area (Å²) in [6, 6.07) is 13.0. The van der Waals surface area contributed by atoms with Gasteiger partial charge in [-0.25, -0.2) is 19.3 Å². The van der Waals surface area contributed by atoms with Crippen LogP contribution in [0.4, 0.5) is 16.2 Å². The van der Waals surface area contributed by atoms with Crippen LogP contribution in [0, 0.1) is 5.82 Å². The van der Waals surface area contributed by atoms with Crippen molar-refractivity contribution in [2.75, 3.05) is 23.8 Å². The van der Waals surface area contributed by atoms with Crippen molar-refractivity contribution in [3.8, 4) is 16.9 Å². The van der Waals surface area contributed by atoms with Crippen LogP contribution >= 0.6 is 0 Å². The van der Waals surface area contributed by atoms with Gasteiger partial charge < -0.3 is 20.5 Å². The molecule has 1 aliphatic heterocycles. The predicted octanol–water partition coefficient (Wildman–Crippen LogP) is 4.38. The lowest BCUT2D eigenvalue weighted by Crippen LogP contribution is -2.28. The van der Waals surface area contributed by atoms with E-state index < -0.39 is 11.6 Å². The number of hydrogen-bond acceptors (Lipinski definition) is 7. The molecule has 1 saturated heterocycles. The third kappa shape index (κ3) is 4.51. The minimum atomic E-state index is -0.718. The lowest BCUT2D eigenvalue weighted by Gasteiger charge is -2.23. The maximum Gasteiger partial charge on any atom is 0.256 e. The van der Waals surface area contributed by atoms with E-state index in [0.29, 0.717) is 52.6 Å². The minimum absolute atomic E-state index is 0.184. The first-order valence-electron chi connectivity index (χ1n) is 10.9. The first-order valence-corrected chi connectivity index (χ1v) is 10.9. The van der Waals surface area contributed by atoms with Crippen LogP contribution in [0.2, 0.25) is 0 Å². The van der Waals surface area contributed by atoms with Gasteiger partial charge in [0.15, 0.2) is 11.6 Å². The van der Waals surface area contributed by atoms with E-state index in [1.165, 1.54) is 12.1 Å². The molecule has 0 radical (unpaired) electrons. The number of phenols is 1. The Bertz CT molecular complexity index is 1340. The second-order valence-corrected chi connectivity index (χ2v) is 7.99. The third-order valence-electron chi connectivity index (χ3n) is 5.70. The Labute approximate surface area is 194 Å². The average molecular weight is 459 g/mol. The number of aromatic hydroxyl groups is 1. The number of anilines is 2. The summed E-state index contributed by atoms with van der Waals surface area (Å²) in [6.45, 7) is 1.34. The monoisotopic (exact) mass is 459 g/mol. The average Bonchev–Trinajstić information content (AvgIpc) is 2.87. The van der Waals surface area contributed by atoms with Gasteiger partial charge in [0, 0.05) is 42.8 Å². The molecule has 0 bridgehead atoms. The van der Waals surface area contributed by atoms with Crippen molar-refractivity contribution in [3.63, 3.8) is 0 Å². The van der Waals surface area contributed by atoms with Gasteiger partial charge in [-0.15, -0.1) is 0 Å². The summed E-state index contributed by atoms with van der Waals surface area (Å²) in [6.07, 6.45) is 4.83. The fourth-order valence-electron chi connectivity index (χ4n) is 3.87. The van der Waals surface area contributed by atoms with Crippen LogP contribution in [0.15, 0.2) is 60.9 Å². The van der Waals surface area contributed by atoms with E-state index in [9.17, 15) is 14.3 Å². The highest BCUT2D eigenvalue weighted by atomic mass is 19.1. The number of pyridine rings is 1. The molecule has 1 aliphatic rings. The van der Waals surface area contributed by atoms with Gasteiger partial charge in [0.05, 0.1) is 10.9 Å². The summed E-state index contributed by atoms with van der Waals surface area (Å²) < 4.78 is 19.1. The molecule has 5 rings (SSSR count). The molecule has 1 amide bonds. The number of nitrogens with zero attached hydrogens (tertiary/aromatic N) is 3. The quantitative estimate of drug-likeness (QED) is 0.406. The third-order valence-corrected chi connectivity index (χ3v) is 5.70. The lowest BCUT2D eigenvalue weighted by atomic mass is 10.0. The summed E-state index contributed by atoms with van der Waals surface area (Å²) in [7, 11) is 0. The number of ether oxygens (including phenoxy) is 1. The van der Waals surface area contributed by atoms with E-state index in [2.05, 4.69) is 20.6 Å². The number of aromatic nitrogens is 3. The molecule has 0 saturated carbocycles. The number of nitrogens with one attached hydrogen (secondary N) is 2. The van der Waals surface area contributed by atoms with E-state index >= 15 is 0 Å². The zero-order valence-electron chi connectivity index (χ0n) is 18.2. The molecule has 1 fully saturated rings. The standard InChI is InChI=1S/C25H22FN5O3/c26-20-7-6-16(12-21(20)32)18-13-27-23(31-24(33)15-4-2-1-3-5-15)19-14-28-25(30-22(18)19)29-17-8-10-34-11-9-17/h1-7,12-14,17,32H,8-11H2,(H,27,31,33)(H,28,29,30). The molecule has 0 spiro atoms. The van der Waals surface area contributed by atoms with Gasteiger partial charge in [-0.3, -0.25) is 4.79 Å². The molecule has 0 atom stereocenters. The van der Waals surface area contributed by atoms with E-state index in [-0.39, 0.29) is 11.9 Å². The summed E-state index contributed by atoms with van der Waals surface area (Å²) in [5, 5.41) is 16.6. The largest absolute Gasteiger partial charge is 0.505 e. The van der Waals surface area contributed by atoms with Gasteiger partial charge in [-0.2, -0.15) is 0 Å². The van der Waals surface area contributed by atoms with Crippen LogP contribution < -0.4 is 10.6 Å². The number of halogens is 1. The van der Waals surface area contributed by atoms with Crippen LogP contribution in [0.5, 0.6) is 5.75 Å². The summed E-state index contributed by atoms with van der Waals surface area (Å²) in [5.74, 6) is -0.771. The molecule has 3 N–H and O–H groups in total. The summed E-state index contributed by atoms with van der Waals surface area (Å²) >= 11 is 0. The van der Waals surface area contributed by atoms with Crippen LogP contribution in [0.25, 0.3) is 22.0 Å². The number of fused-ring (bicyclic) bond motifs is 1. The molecular weight excluding hydrogens is 437 g/mol. The molecule has 172 valence electrons. The maximum absolute atomic E-state index is 13.7. The molecule has 8 nitrogen and oxygen atoms in total. The number of amides is 1. The first kappa shape index (κ1) is 21.7. The molecule has 2 aromatic carbocycles. The Kier molecular flexibility index (Phi) is 6.01. The van der Waals surface area contributed by atoms with Crippen molar-refractivity contribution >= 4 is 28.6 Å². The Balaban J connectivity index is 1.57. The van der Waals surface area contributed by atoms with Gasteiger partial charge in [-0.05, 0) is 42.7 Å². The SMILES string of the molecule is O=C(Nc1ncc(-c2ccc(F)c(O)c2)c2nc(NC3CCOCC3)ncc12)c1ccccc1. The number of rotatable bonds is 5. The van der Waals surface area contributed by atoms with Gasteiger partial charge in [0.2, 0.25) is 5.95 Å². The van der Waals surface area contributed by atoms with E-state index in [1.54, 1.807) is 42.7 Å². The fourth-order valence-corrected chi connectivity index (χ4v) is 3.87. The number of phenolic OH excluding ortho intramolecular Hbond substituents is 1. The number of hydrogen-bond donors (Lipinski definition) is 3. The van der Waals surface area contributed by atoms with E-state index in [4.69, 9.17) is 9.72 Å². The second-order valence-electron chi connectivity index (χ2n) is 7.99. The summed E-state index contributed by atoms with van der Waals surface area (Å²) in [5.41, 5.74) is 2.10. The van der Waals surface area contributed by atoms with Crippen molar-refractivity contribution in [1.29, 1.82) is 0 Å². The molecule has 0 unspecified atom stereocenters. The molecule has 9 heteroatoms. The smallest absolute Gasteiger partial charge is 0.256 e. The zero-order chi connectivity index (χ0) is 23.5. The Morgan fingerprint density at radius 3 is 2.62 bits per heavy atom. The van der Waals surface area contributed by atoms with Crippen LogP contribution in [0.3, 0.4) is 0 Å². The Hall–Kier alpha value is -4.11. The lowest BCUT2D eigenvalue weighted by molar-refractivity contribution is 0.0903. The Morgan fingerprint density at radius 1 is 1.06 bits per heavy atom. The highest BCUT2D eigenvalue weighted by molar-refractivity contribution is 6.09. The highest BCUT2D eigenvalue weighted by Gasteiger charge is 2.18. The van der Waals surface area contributed by atoms with Crippen LogP contribution in [-0.2, 0) is 4.74 Å². The number of carbonyl (C=O) groups excluding carboxylic acids is 1. The zero-order valence-corrected chi connectivity index (χ0v) is 18.2. The van der Waals surface area contributed by atoms with Gasteiger partial charge in [0.1, 0.15) is 5.82 Å². The van der Waals surface area contributed by atoms with Crippen LogP contribution in [0.1, 0.15) is 23.2 Å². The summed E-state index contributed by atoms with van der Waals surface area (Å²) in [4.78, 5) is 26.3. The van der Waals surface area contributed by atoms with E-state index in [1.807, 2.05) is 6.07 Å². The Morgan fingerprint density at radius 2 is 1.85 bits per heavy atom. The fraction of sp³-hybridized carbons (Fsp3) is 0.200. The van der Waals surface area contributed by atoms with Crippen molar-refractivity contribution in [2.45, 2.75) is 18.9 Å². The molecule has 34 heavy (non-hydrogen) atoms. The predicted molar refractivity (Wildman–Crippen MR) is 126 cm³/mol. The highest BCUT2D eigenvalue weighted by Crippen LogP contribution is 2.33.